The predicted octanol–water partition coefficient (Wildman–Crippen LogP) is 5.58. The summed E-state index contributed by atoms with van der Waals surface area (Å²) in [6.45, 7) is 6.17. The summed E-state index contributed by atoms with van der Waals surface area (Å²) in [5.41, 5.74) is 6.14. The summed E-state index contributed by atoms with van der Waals surface area (Å²) in [6, 6.07) is 22.3. The summed E-state index contributed by atoms with van der Waals surface area (Å²) < 4.78 is 0. The van der Waals surface area contributed by atoms with Crippen LogP contribution in [0.1, 0.15) is 33.9 Å². The molecule has 3 nitrogen and oxygen atoms in total. The standard InChI is InChI=1S/C24H25ClN2O/c1-16-9-11-20(12-10-16)24(19-7-5-4-6-8-19)26-15-22(28)27-23-18(3)13-17(2)14-21(23)25/h4-14,24,26H,15H2,1-3H3,(H,27,28)/t24-/m0/s1. The molecule has 0 unspecified atom stereocenters. The molecule has 1 amide bonds. The Balaban J connectivity index is 1.75. The number of carbonyl (C=O) groups is 1. The molecule has 28 heavy (non-hydrogen) atoms. The summed E-state index contributed by atoms with van der Waals surface area (Å²) >= 11 is 6.31. The molecule has 0 saturated carbocycles. The van der Waals surface area contributed by atoms with Crippen LogP contribution in [0.4, 0.5) is 5.69 Å². The molecule has 0 fully saturated rings. The van der Waals surface area contributed by atoms with Crippen LogP contribution in [0.15, 0.2) is 66.7 Å². The molecule has 3 aromatic carbocycles. The number of halogens is 1. The van der Waals surface area contributed by atoms with Crippen LogP contribution in [0.5, 0.6) is 0 Å². The lowest BCUT2D eigenvalue weighted by atomic mass is 9.98. The number of carbonyl (C=O) groups excluding carboxylic acids is 1. The van der Waals surface area contributed by atoms with Crippen molar-refractivity contribution in [2.45, 2.75) is 26.8 Å². The third kappa shape index (κ3) is 5.00. The fourth-order valence-electron chi connectivity index (χ4n) is 3.28. The van der Waals surface area contributed by atoms with Gasteiger partial charge in [0.1, 0.15) is 0 Å². The second kappa shape index (κ2) is 9.05. The van der Waals surface area contributed by atoms with Crippen LogP contribution in [0.2, 0.25) is 5.02 Å². The Morgan fingerprint density at radius 3 is 2.18 bits per heavy atom. The van der Waals surface area contributed by atoms with Crippen LogP contribution in [-0.2, 0) is 4.79 Å². The van der Waals surface area contributed by atoms with Crippen LogP contribution in [-0.4, -0.2) is 12.5 Å². The summed E-state index contributed by atoms with van der Waals surface area (Å²) in [4.78, 5) is 12.6. The van der Waals surface area contributed by atoms with Gasteiger partial charge in [0.25, 0.3) is 0 Å². The highest BCUT2D eigenvalue weighted by Crippen LogP contribution is 2.27. The largest absolute Gasteiger partial charge is 0.323 e. The lowest BCUT2D eigenvalue weighted by molar-refractivity contribution is -0.115. The SMILES string of the molecule is Cc1ccc([C@@H](NCC(=O)Nc2c(C)cc(C)cc2Cl)c2ccccc2)cc1. The van der Waals surface area contributed by atoms with E-state index in [0.29, 0.717) is 10.7 Å². The number of amides is 1. The molecule has 3 rings (SSSR count). The van der Waals surface area contributed by atoms with E-state index >= 15 is 0 Å². The van der Waals surface area contributed by atoms with Crippen molar-refractivity contribution >= 4 is 23.2 Å². The fourth-order valence-corrected chi connectivity index (χ4v) is 3.65. The van der Waals surface area contributed by atoms with Crippen molar-refractivity contribution in [1.29, 1.82) is 0 Å². The zero-order valence-electron chi connectivity index (χ0n) is 16.4. The first-order valence-electron chi connectivity index (χ1n) is 9.35. The maximum atomic E-state index is 12.6. The van der Waals surface area contributed by atoms with Gasteiger partial charge in [-0.2, -0.15) is 0 Å². The van der Waals surface area contributed by atoms with Gasteiger partial charge >= 0.3 is 0 Å². The van der Waals surface area contributed by atoms with E-state index in [9.17, 15) is 4.79 Å². The molecule has 0 aromatic heterocycles. The zero-order chi connectivity index (χ0) is 20.1. The molecule has 0 aliphatic heterocycles. The minimum atomic E-state index is -0.123. The molecule has 0 aliphatic carbocycles. The third-order valence-corrected chi connectivity index (χ3v) is 5.00. The first-order chi connectivity index (χ1) is 13.4. The summed E-state index contributed by atoms with van der Waals surface area (Å²) in [6.07, 6.45) is 0. The van der Waals surface area contributed by atoms with E-state index in [1.807, 2.05) is 44.2 Å². The van der Waals surface area contributed by atoms with E-state index in [-0.39, 0.29) is 18.5 Å². The van der Waals surface area contributed by atoms with Crippen molar-refractivity contribution in [3.63, 3.8) is 0 Å². The van der Waals surface area contributed by atoms with E-state index in [0.717, 1.165) is 22.3 Å². The first kappa shape index (κ1) is 20.1. The third-order valence-electron chi connectivity index (χ3n) is 4.71. The minimum absolute atomic E-state index is 0.0675. The van der Waals surface area contributed by atoms with E-state index < -0.39 is 0 Å². The number of hydrogen-bond donors (Lipinski definition) is 2. The van der Waals surface area contributed by atoms with Gasteiger partial charge < -0.3 is 5.32 Å². The highest BCUT2D eigenvalue weighted by atomic mass is 35.5. The highest BCUT2D eigenvalue weighted by molar-refractivity contribution is 6.34. The molecule has 4 heteroatoms. The molecule has 0 heterocycles. The van der Waals surface area contributed by atoms with Crippen LogP contribution in [0.3, 0.4) is 0 Å². The van der Waals surface area contributed by atoms with Crippen molar-refractivity contribution in [3.05, 3.63) is 99.6 Å². The topological polar surface area (TPSA) is 41.1 Å². The molecular formula is C24H25ClN2O. The average Bonchev–Trinajstić information content (AvgIpc) is 2.67. The Bertz CT molecular complexity index is 929. The van der Waals surface area contributed by atoms with E-state index in [4.69, 9.17) is 11.6 Å². The van der Waals surface area contributed by atoms with Gasteiger partial charge in [-0.25, -0.2) is 0 Å². The lowest BCUT2D eigenvalue weighted by Crippen LogP contribution is -2.32. The Labute approximate surface area is 171 Å². The molecule has 0 spiro atoms. The van der Waals surface area contributed by atoms with Crippen molar-refractivity contribution < 1.29 is 4.79 Å². The number of rotatable bonds is 6. The minimum Gasteiger partial charge on any atom is -0.323 e. The number of benzene rings is 3. The lowest BCUT2D eigenvalue weighted by Gasteiger charge is -2.20. The van der Waals surface area contributed by atoms with Crippen LogP contribution >= 0.6 is 11.6 Å². The quantitative estimate of drug-likeness (QED) is 0.574. The molecule has 0 radical (unpaired) electrons. The van der Waals surface area contributed by atoms with Gasteiger partial charge in [0.05, 0.1) is 23.3 Å². The molecule has 0 bridgehead atoms. The first-order valence-corrected chi connectivity index (χ1v) is 9.73. The van der Waals surface area contributed by atoms with Gasteiger partial charge in [0.2, 0.25) is 5.91 Å². The van der Waals surface area contributed by atoms with E-state index in [1.165, 1.54) is 5.56 Å². The van der Waals surface area contributed by atoms with Crippen molar-refractivity contribution in [2.24, 2.45) is 0 Å². The maximum Gasteiger partial charge on any atom is 0.238 e. The Kier molecular flexibility index (Phi) is 6.50. The second-order valence-corrected chi connectivity index (χ2v) is 7.53. The van der Waals surface area contributed by atoms with Crippen LogP contribution < -0.4 is 10.6 Å². The normalized spacial score (nSPS) is 11.9. The number of aryl methyl sites for hydroxylation is 3. The number of anilines is 1. The highest BCUT2D eigenvalue weighted by Gasteiger charge is 2.16. The molecule has 0 aliphatic rings. The second-order valence-electron chi connectivity index (χ2n) is 7.12. The fraction of sp³-hybridized carbons (Fsp3) is 0.208. The maximum absolute atomic E-state index is 12.6. The average molecular weight is 393 g/mol. The van der Waals surface area contributed by atoms with Gasteiger partial charge in [0.15, 0.2) is 0 Å². The summed E-state index contributed by atoms with van der Waals surface area (Å²) in [5, 5.41) is 6.89. The van der Waals surface area contributed by atoms with Crippen molar-refractivity contribution in [2.75, 3.05) is 11.9 Å². The molecule has 0 saturated heterocycles. The molecular weight excluding hydrogens is 368 g/mol. The molecule has 144 valence electrons. The van der Waals surface area contributed by atoms with Crippen LogP contribution in [0.25, 0.3) is 0 Å². The van der Waals surface area contributed by atoms with Crippen molar-refractivity contribution in [1.82, 2.24) is 5.32 Å². The Hall–Kier alpha value is -2.62. The number of hydrogen-bond acceptors (Lipinski definition) is 2. The monoisotopic (exact) mass is 392 g/mol. The van der Waals surface area contributed by atoms with E-state index in [2.05, 4.69) is 54.0 Å². The van der Waals surface area contributed by atoms with Gasteiger partial charge in [0, 0.05) is 0 Å². The smallest absolute Gasteiger partial charge is 0.238 e. The Morgan fingerprint density at radius 1 is 0.893 bits per heavy atom. The van der Waals surface area contributed by atoms with Gasteiger partial charge in [-0.05, 0) is 49.1 Å². The zero-order valence-corrected chi connectivity index (χ0v) is 17.2. The number of nitrogens with one attached hydrogen (secondary N) is 2. The summed E-state index contributed by atoms with van der Waals surface area (Å²) in [5.74, 6) is -0.123. The molecule has 1 atom stereocenters. The predicted molar refractivity (Wildman–Crippen MR) is 117 cm³/mol. The molecule has 3 aromatic rings. The van der Waals surface area contributed by atoms with Gasteiger partial charge in [-0.1, -0.05) is 77.8 Å². The Morgan fingerprint density at radius 2 is 1.54 bits per heavy atom. The molecule has 2 N–H and O–H groups in total. The van der Waals surface area contributed by atoms with Gasteiger partial charge in [-0.15, -0.1) is 0 Å². The van der Waals surface area contributed by atoms with Crippen molar-refractivity contribution in [3.8, 4) is 0 Å². The summed E-state index contributed by atoms with van der Waals surface area (Å²) in [7, 11) is 0. The van der Waals surface area contributed by atoms with Gasteiger partial charge in [-0.3, -0.25) is 10.1 Å². The van der Waals surface area contributed by atoms with E-state index in [1.54, 1.807) is 0 Å². The van der Waals surface area contributed by atoms with Crippen LogP contribution in [0, 0.1) is 20.8 Å².